The van der Waals surface area contributed by atoms with Crippen LogP contribution < -0.4 is 27.4 Å². The van der Waals surface area contributed by atoms with Crippen LogP contribution in [0.4, 0.5) is 0 Å². The van der Waals surface area contributed by atoms with Gasteiger partial charge < -0.3 is 32.4 Å². The van der Waals surface area contributed by atoms with E-state index in [0.29, 0.717) is 32.2 Å². The van der Waals surface area contributed by atoms with E-state index in [1.54, 1.807) is 0 Å². The standard InChI is InChI=1S/C23H34N7O3/c1-14(2)10-20(22(33)29-16(13-31)6-5-9-27-23(25)26)30-21(32)18(24)11-15-12-28-19-8-4-3-7-17(15)19/h3-4,7-8,12,14,16,18,20,28H,5-6,9-11,24H2,1-2H3,(H,29,33)(H,30,32)(H4,25,26,27)/t16-,18-,20-/m0/s1. The summed E-state index contributed by atoms with van der Waals surface area (Å²) in [5.74, 6) is -0.915. The van der Waals surface area contributed by atoms with E-state index in [1.807, 2.05) is 50.6 Å². The van der Waals surface area contributed by atoms with Crippen LogP contribution in [0, 0.1) is 11.3 Å². The molecule has 0 aliphatic rings. The summed E-state index contributed by atoms with van der Waals surface area (Å²) in [4.78, 5) is 40.1. The first-order valence-corrected chi connectivity index (χ1v) is 11.1. The van der Waals surface area contributed by atoms with E-state index in [2.05, 4.69) is 20.9 Å². The molecule has 10 heteroatoms. The largest absolute Gasteiger partial charge is 0.370 e. The number of carbonyl (C=O) groups excluding carboxylic acids is 3. The summed E-state index contributed by atoms with van der Waals surface area (Å²) in [6, 6.07) is 5.28. The van der Waals surface area contributed by atoms with Crippen molar-refractivity contribution < 1.29 is 14.4 Å². The Kier molecular flexibility index (Phi) is 9.86. The molecule has 10 nitrogen and oxygen atoms in total. The van der Waals surface area contributed by atoms with Crippen molar-refractivity contribution in [1.82, 2.24) is 20.9 Å². The Bertz CT molecular complexity index is 956. The third kappa shape index (κ3) is 8.23. The number of carbonyl (C=O) groups is 2. The number of hydrogen-bond donors (Lipinski definition) is 7. The summed E-state index contributed by atoms with van der Waals surface area (Å²) in [7, 11) is 0. The fraction of sp³-hybridized carbons (Fsp3) is 0.478. The van der Waals surface area contributed by atoms with Crippen molar-refractivity contribution in [2.75, 3.05) is 6.54 Å². The number of aromatic amines is 1. The average molecular weight is 457 g/mol. The second kappa shape index (κ2) is 12.6. The zero-order chi connectivity index (χ0) is 24.4. The number of nitrogens with one attached hydrogen (secondary N) is 5. The molecule has 1 radical (unpaired) electrons. The quantitative estimate of drug-likeness (QED) is 0.130. The molecule has 0 bridgehead atoms. The number of H-pyrrole nitrogens is 1. The van der Waals surface area contributed by atoms with Gasteiger partial charge in [0.1, 0.15) is 6.04 Å². The Hall–Kier alpha value is -3.40. The molecule has 0 aliphatic heterocycles. The first-order valence-electron chi connectivity index (χ1n) is 11.1. The first-order chi connectivity index (χ1) is 15.7. The number of fused-ring (bicyclic) bond motifs is 1. The Morgan fingerprint density at radius 1 is 1.18 bits per heavy atom. The van der Waals surface area contributed by atoms with Crippen molar-refractivity contribution in [3.05, 3.63) is 36.0 Å². The zero-order valence-corrected chi connectivity index (χ0v) is 19.1. The average Bonchev–Trinajstić information content (AvgIpc) is 3.17. The maximum atomic E-state index is 12.8. The zero-order valence-electron chi connectivity index (χ0n) is 19.1. The molecule has 1 aromatic carbocycles. The van der Waals surface area contributed by atoms with Crippen LogP contribution >= 0.6 is 0 Å². The molecule has 0 spiro atoms. The van der Waals surface area contributed by atoms with E-state index in [0.717, 1.165) is 16.5 Å². The lowest BCUT2D eigenvalue weighted by Gasteiger charge is -2.23. The lowest BCUT2D eigenvalue weighted by atomic mass is 10.0. The highest BCUT2D eigenvalue weighted by atomic mass is 16.2. The van der Waals surface area contributed by atoms with Crippen molar-refractivity contribution in [3.8, 4) is 0 Å². The SMILES string of the molecule is CC(C)C[C@H](NC(=O)[C@@H](N)Cc1c[nH]c2ccccc12)C(=O)N[C@H]([C]=O)CCCNC(=N)N. The Labute approximate surface area is 193 Å². The molecule has 0 aliphatic carbocycles. The van der Waals surface area contributed by atoms with Crippen LogP contribution in [0.2, 0.25) is 0 Å². The van der Waals surface area contributed by atoms with Gasteiger partial charge in [-0.1, -0.05) is 32.0 Å². The smallest absolute Gasteiger partial charge is 0.243 e. The second-order valence-electron chi connectivity index (χ2n) is 8.52. The molecule has 179 valence electrons. The van der Waals surface area contributed by atoms with Crippen LogP contribution in [0.15, 0.2) is 30.5 Å². The van der Waals surface area contributed by atoms with Crippen LogP contribution in [0.25, 0.3) is 10.9 Å². The van der Waals surface area contributed by atoms with Gasteiger partial charge in [0.2, 0.25) is 18.1 Å². The summed E-state index contributed by atoms with van der Waals surface area (Å²) >= 11 is 0. The number of aromatic nitrogens is 1. The Balaban J connectivity index is 1.96. The molecule has 9 N–H and O–H groups in total. The third-order valence-electron chi connectivity index (χ3n) is 5.24. The lowest BCUT2D eigenvalue weighted by Crippen LogP contribution is -2.54. The molecule has 33 heavy (non-hydrogen) atoms. The minimum Gasteiger partial charge on any atom is -0.370 e. The van der Waals surface area contributed by atoms with Crippen LogP contribution in [-0.2, 0) is 20.8 Å². The summed E-state index contributed by atoms with van der Waals surface area (Å²) in [6.45, 7) is 4.28. The summed E-state index contributed by atoms with van der Waals surface area (Å²) in [5.41, 5.74) is 13.3. The van der Waals surface area contributed by atoms with Gasteiger partial charge in [0.25, 0.3) is 0 Å². The predicted octanol–water partition coefficient (Wildman–Crippen LogP) is 0.426. The molecule has 0 unspecified atom stereocenters. The van der Waals surface area contributed by atoms with Crippen LogP contribution in [0.1, 0.15) is 38.7 Å². The van der Waals surface area contributed by atoms with Gasteiger partial charge in [0.05, 0.1) is 12.1 Å². The molecule has 2 rings (SSSR count). The van der Waals surface area contributed by atoms with E-state index in [-0.39, 0.29) is 11.9 Å². The molecular formula is C23H34N7O3. The minimum absolute atomic E-state index is 0.129. The normalized spacial score (nSPS) is 13.8. The summed E-state index contributed by atoms with van der Waals surface area (Å²) in [6.07, 6.45) is 5.21. The maximum Gasteiger partial charge on any atom is 0.243 e. The van der Waals surface area contributed by atoms with Crippen LogP contribution in [-0.4, -0.2) is 53.7 Å². The topological polar surface area (TPSA) is 179 Å². The van der Waals surface area contributed by atoms with Gasteiger partial charge in [0, 0.05) is 23.6 Å². The van der Waals surface area contributed by atoms with Gasteiger partial charge in [-0.2, -0.15) is 0 Å². The van der Waals surface area contributed by atoms with E-state index in [4.69, 9.17) is 16.9 Å². The minimum atomic E-state index is -0.835. The number of amides is 2. The van der Waals surface area contributed by atoms with Crippen LogP contribution in [0.5, 0.6) is 0 Å². The monoisotopic (exact) mass is 456 g/mol. The lowest BCUT2D eigenvalue weighted by molar-refractivity contribution is -0.130. The van der Waals surface area contributed by atoms with Gasteiger partial charge in [-0.15, -0.1) is 0 Å². The number of benzene rings is 1. The Morgan fingerprint density at radius 3 is 2.58 bits per heavy atom. The van der Waals surface area contributed by atoms with E-state index in [1.165, 1.54) is 0 Å². The molecule has 0 saturated heterocycles. The fourth-order valence-corrected chi connectivity index (χ4v) is 3.57. The number of guanidine groups is 1. The number of para-hydroxylation sites is 1. The first kappa shape index (κ1) is 25.9. The van der Waals surface area contributed by atoms with E-state index < -0.39 is 29.9 Å². The van der Waals surface area contributed by atoms with E-state index in [9.17, 15) is 14.4 Å². The maximum absolute atomic E-state index is 12.8. The van der Waals surface area contributed by atoms with Crippen molar-refractivity contribution in [1.29, 1.82) is 5.41 Å². The molecule has 0 fully saturated rings. The number of rotatable bonds is 13. The molecule has 2 aromatic rings. The third-order valence-corrected chi connectivity index (χ3v) is 5.24. The predicted molar refractivity (Wildman–Crippen MR) is 128 cm³/mol. The van der Waals surface area contributed by atoms with Crippen molar-refractivity contribution in [2.45, 2.75) is 57.7 Å². The Morgan fingerprint density at radius 2 is 1.91 bits per heavy atom. The van der Waals surface area contributed by atoms with Gasteiger partial charge in [-0.05, 0) is 43.2 Å². The molecule has 1 aromatic heterocycles. The molecule has 1 heterocycles. The second-order valence-corrected chi connectivity index (χ2v) is 8.52. The summed E-state index contributed by atoms with van der Waals surface area (Å²) < 4.78 is 0. The van der Waals surface area contributed by atoms with Gasteiger partial charge in [0.15, 0.2) is 5.96 Å². The van der Waals surface area contributed by atoms with Crippen molar-refractivity contribution >= 4 is 35.0 Å². The molecular weight excluding hydrogens is 422 g/mol. The van der Waals surface area contributed by atoms with Gasteiger partial charge >= 0.3 is 0 Å². The molecule has 2 amide bonds. The van der Waals surface area contributed by atoms with Gasteiger partial charge in [-0.3, -0.25) is 19.8 Å². The highest BCUT2D eigenvalue weighted by molar-refractivity contribution is 5.91. The number of nitrogens with two attached hydrogens (primary N) is 2. The van der Waals surface area contributed by atoms with Gasteiger partial charge in [-0.25, -0.2) is 0 Å². The highest BCUT2D eigenvalue weighted by Gasteiger charge is 2.26. The fourth-order valence-electron chi connectivity index (χ4n) is 3.57. The molecule has 0 saturated carbocycles. The van der Waals surface area contributed by atoms with E-state index >= 15 is 0 Å². The van der Waals surface area contributed by atoms with Crippen LogP contribution in [0.3, 0.4) is 0 Å². The van der Waals surface area contributed by atoms with Crippen molar-refractivity contribution in [2.24, 2.45) is 17.4 Å². The highest BCUT2D eigenvalue weighted by Crippen LogP contribution is 2.19. The summed E-state index contributed by atoms with van der Waals surface area (Å²) in [5, 5.41) is 16.2. The number of hydrogen-bond acceptors (Lipinski definition) is 5. The van der Waals surface area contributed by atoms with Crippen molar-refractivity contribution in [3.63, 3.8) is 0 Å². The molecule has 3 atom stereocenters.